The average molecular weight is 379 g/mol. The Morgan fingerprint density at radius 2 is 1.69 bits per heavy atom. The molecule has 0 aliphatic rings. The van der Waals surface area contributed by atoms with Crippen molar-refractivity contribution in [3.8, 4) is 0 Å². The quantitative estimate of drug-likeness (QED) is 0.347. The van der Waals surface area contributed by atoms with Gasteiger partial charge in [-0.25, -0.2) is 0 Å². The summed E-state index contributed by atoms with van der Waals surface area (Å²) in [5.74, 6) is -0.871. The van der Waals surface area contributed by atoms with Crippen LogP contribution in [0, 0.1) is 0 Å². The minimum Gasteiger partial charge on any atom is -0.469 e. The Balaban J connectivity index is 2.47. The second-order valence-electron chi connectivity index (χ2n) is 5.66. The Kier molecular flexibility index (Phi) is 9.93. The number of benzene rings is 1. The van der Waals surface area contributed by atoms with Gasteiger partial charge in [0.1, 0.15) is 0 Å². The van der Waals surface area contributed by atoms with Crippen molar-refractivity contribution in [1.82, 2.24) is 5.32 Å². The van der Waals surface area contributed by atoms with Crippen LogP contribution in [0.5, 0.6) is 0 Å². The SMILES string of the molecule is CCCCCC(=O)Nc1cccc(NC(=S)NC(=O)CCC(=O)OC)c1. The van der Waals surface area contributed by atoms with Crippen LogP contribution in [0.2, 0.25) is 0 Å². The Labute approximate surface area is 158 Å². The molecule has 0 fully saturated rings. The van der Waals surface area contributed by atoms with Crippen LogP contribution >= 0.6 is 12.2 Å². The van der Waals surface area contributed by atoms with Crippen LogP contribution in [-0.2, 0) is 19.1 Å². The first kappa shape index (κ1) is 21.6. The maximum absolute atomic E-state index is 11.9. The molecule has 0 atom stereocenters. The summed E-state index contributed by atoms with van der Waals surface area (Å²) in [4.78, 5) is 34.6. The van der Waals surface area contributed by atoms with Crippen molar-refractivity contribution >= 4 is 46.5 Å². The Bertz CT molecular complexity index is 649. The average Bonchev–Trinajstić information content (AvgIpc) is 2.60. The molecule has 0 aromatic heterocycles. The van der Waals surface area contributed by atoms with Crippen molar-refractivity contribution in [3.63, 3.8) is 0 Å². The fourth-order valence-electron chi connectivity index (χ4n) is 2.10. The van der Waals surface area contributed by atoms with Gasteiger partial charge in [0.25, 0.3) is 0 Å². The van der Waals surface area contributed by atoms with Gasteiger partial charge in [0.15, 0.2) is 5.11 Å². The van der Waals surface area contributed by atoms with Crippen molar-refractivity contribution in [2.75, 3.05) is 17.7 Å². The number of amides is 2. The highest BCUT2D eigenvalue weighted by Gasteiger charge is 2.09. The molecular weight excluding hydrogens is 354 g/mol. The fourth-order valence-corrected chi connectivity index (χ4v) is 2.33. The zero-order valence-electron chi connectivity index (χ0n) is 15.1. The van der Waals surface area contributed by atoms with Gasteiger partial charge in [-0.15, -0.1) is 0 Å². The zero-order chi connectivity index (χ0) is 19.4. The number of esters is 1. The Morgan fingerprint density at radius 3 is 2.35 bits per heavy atom. The molecule has 8 heteroatoms. The molecule has 142 valence electrons. The van der Waals surface area contributed by atoms with Crippen LogP contribution in [0.1, 0.15) is 45.4 Å². The molecule has 0 heterocycles. The summed E-state index contributed by atoms with van der Waals surface area (Å²) < 4.78 is 4.47. The summed E-state index contributed by atoms with van der Waals surface area (Å²) >= 11 is 5.08. The van der Waals surface area contributed by atoms with Crippen molar-refractivity contribution in [3.05, 3.63) is 24.3 Å². The van der Waals surface area contributed by atoms with E-state index in [0.717, 1.165) is 19.3 Å². The Morgan fingerprint density at radius 1 is 1.00 bits per heavy atom. The third-order valence-electron chi connectivity index (χ3n) is 3.45. The van der Waals surface area contributed by atoms with Crippen molar-refractivity contribution < 1.29 is 19.1 Å². The van der Waals surface area contributed by atoms with Gasteiger partial charge in [-0.1, -0.05) is 25.8 Å². The first-order valence-electron chi connectivity index (χ1n) is 8.52. The van der Waals surface area contributed by atoms with E-state index in [1.54, 1.807) is 24.3 Å². The number of carbonyl (C=O) groups is 3. The van der Waals surface area contributed by atoms with Gasteiger partial charge in [-0.05, 0) is 36.8 Å². The van der Waals surface area contributed by atoms with E-state index in [1.165, 1.54) is 7.11 Å². The van der Waals surface area contributed by atoms with E-state index < -0.39 is 5.97 Å². The van der Waals surface area contributed by atoms with E-state index in [-0.39, 0.29) is 29.8 Å². The molecule has 1 aromatic rings. The number of rotatable bonds is 9. The third kappa shape index (κ3) is 9.12. The molecule has 2 amide bonds. The van der Waals surface area contributed by atoms with E-state index in [4.69, 9.17) is 12.2 Å². The van der Waals surface area contributed by atoms with Gasteiger partial charge in [0.05, 0.1) is 13.5 Å². The zero-order valence-corrected chi connectivity index (χ0v) is 15.9. The van der Waals surface area contributed by atoms with Gasteiger partial charge in [0, 0.05) is 24.2 Å². The molecule has 0 radical (unpaired) electrons. The van der Waals surface area contributed by atoms with Crippen LogP contribution in [0.25, 0.3) is 0 Å². The maximum atomic E-state index is 11.9. The molecule has 0 spiro atoms. The molecule has 0 saturated heterocycles. The van der Waals surface area contributed by atoms with Gasteiger partial charge >= 0.3 is 5.97 Å². The van der Waals surface area contributed by atoms with Crippen molar-refractivity contribution in [1.29, 1.82) is 0 Å². The normalized spacial score (nSPS) is 9.92. The molecule has 0 unspecified atom stereocenters. The first-order chi connectivity index (χ1) is 12.4. The van der Waals surface area contributed by atoms with E-state index >= 15 is 0 Å². The van der Waals surface area contributed by atoms with Gasteiger partial charge in [-0.3, -0.25) is 14.4 Å². The van der Waals surface area contributed by atoms with Crippen LogP contribution < -0.4 is 16.0 Å². The highest BCUT2D eigenvalue weighted by atomic mass is 32.1. The van der Waals surface area contributed by atoms with Gasteiger partial charge in [-0.2, -0.15) is 0 Å². The molecule has 3 N–H and O–H groups in total. The van der Waals surface area contributed by atoms with E-state index in [9.17, 15) is 14.4 Å². The fraction of sp³-hybridized carbons (Fsp3) is 0.444. The van der Waals surface area contributed by atoms with E-state index in [0.29, 0.717) is 17.8 Å². The van der Waals surface area contributed by atoms with Gasteiger partial charge in [0.2, 0.25) is 11.8 Å². The minimum atomic E-state index is -0.457. The van der Waals surface area contributed by atoms with Crippen molar-refractivity contribution in [2.45, 2.75) is 45.4 Å². The number of anilines is 2. The topological polar surface area (TPSA) is 96.5 Å². The lowest BCUT2D eigenvalue weighted by atomic mass is 10.2. The summed E-state index contributed by atoms with van der Waals surface area (Å²) in [6.45, 7) is 2.09. The molecule has 1 aromatic carbocycles. The number of hydrogen-bond acceptors (Lipinski definition) is 5. The molecule has 0 aliphatic heterocycles. The smallest absolute Gasteiger partial charge is 0.306 e. The summed E-state index contributed by atoms with van der Waals surface area (Å²) in [5, 5.41) is 8.31. The number of carbonyl (C=O) groups excluding carboxylic acids is 3. The molecular formula is C18H25N3O4S. The predicted molar refractivity (Wildman–Crippen MR) is 105 cm³/mol. The summed E-state index contributed by atoms with van der Waals surface area (Å²) in [6, 6.07) is 7.04. The van der Waals surface area contributed by atoms with Crippen LogP contribution in [0.15, 0.2) is 24.3 Å². The number of unbranched alkanes of at least 4 members (excludes halogenated alkanes) is 2. The minimum absolute atomic E-state index is 0.00943. The number of thiocarbonyl (C=S) groups is 1. The lowest BCUT2D eigenvalue weighted by Gasteiger charge is -2.11. The molecule has 0 saturated carbocycles. The Hall–Kier alpha value is -2.48. The highest BCUT2D eigenvalue weighted by Crippen LogP contribution is 2.15. The molecule has 1 rings (SSSR count). The molecule has 0 bridgehead atoms. The number of nitrogens with one attached hydrogen (secondary N) is 3. The molecule has 7 nitrogen and oxygen atoms in total. The third-order valence-corrected chi connectivity index (χ3v) is 3.65. The molecule has 26 heavy (non-hydrogen) atoms. The second-order valence-corrected chi connectivity index (χ2v) is 6.07. The maximum Gasteiger partial charge on any atom is 0.306 e. The second kappa shape index (κ2) is 12.0. The first-order valence-corrected chi connectivity index (χ1v) is 8.93. The van der Waals surface area contributed by atoms with E-state index in [2.05, 4.69) is 27.6 Å². The van der Waals surface area contributed by atoms with Crippen LogP contribution in [0.3, 0.4) is 0 Å². The van der Waals surface area contributed by atoms with Crippen LogP contribution in [-0.4, -0.2) is 30.0 Å². The summed E-state index contributed by atoms with van der Waals surface area (Å²) in [7, 11) is 1.27. The predicted octanol–water partition coefficient (Wildman–Crippen LogP) is 2.97. The highest BCUT2D eigenvalue weighted by molar-refractivity contribution is 7.80. The lowest BCUT2D eigenvalue weighted by molar-refractivity contribution is -0.142. The summed E-state index contributed by atoms with van der Waals surface area (Å²) in [5.41, 5.74) is 1.28. The van der Waals surface area contributed by atoms with E-state index in [1.807, 2.05) is 0 Å². The van der Waals surface area contributed by atoms with Crippen LogP contribution in [0.4, 0.5) is 11.4 Å². The van der Waals surface area contributed by atoms with Crippen molar-refractivity contribution in [2.24, 2.45) is 0 Å². The largest absolute Gasteiger partial charge is 0.469 e. The molecule has 0 aliphatic carbocycles. The summed E-state index contributed by atoms with van der Waals surface area (Å²) in [6.07, 6.45) is 3.42. The monoisotopic (exact) mass is 379 g/mol. The lowest BCUT2D eigenvalue weighted by Crippen LogP contribution is -2.34. The van der Waals surface area contributed by atoms with Gasteiger partial charge < -0.3 is 20.7 Å². The number of methoxy groups -OCH3 is 1. The number of ether oxygens (including phenoxy) is 1. The standard InChI is InChI=1S/C18H25N3O4S/c1-3-4-5-9-15(22)19-13-7-6-8-14(12-13)20-18(26)21-16(23)10-11-17(24)25-2/h6-8,12H,3-5,9-11H2,1-2H3,(H,19,22)(H2,20,21,23,26). The number of hydrogen-bond donors (Lipinski definition) is 3.